The Bertz CT molecular complexity index is 743. The summed E-state index contributed by atoms with van der Waals surface area (Å²) in [6.07, 6.45) is 0. The van der Waals surface area contributed by atoms with Crippen LogP contribution in [0.25, 0.3) is 0 Å². The molecule has 0 unspecified atom stereocenters. The predicted molar refractivity (Wildman–Crippen MR) is 102 cm³/mol. The number of carbonyl (C=O) groups is 1. The highest BCUT2D eigenvalue weighted by Gasteiger charge is 2.24. The zero-order valence-corrected chi connectivity index (χ0v) is 17.3. The van der Waals surface area contributed by atoms with Crippen LogP contribution in [-0.2, 0) is 6.54 Å². The van der Waals surface area contributed by atoms with Crippen LogP contribution in [0.1, 0.15) is 15.2 Å². The van der Waals surface area contributed by atoms with E-state index in [1.165, 1.54) is 23.5 Å². The van der Waals surface area contributed by atoms with Crippen molar-refractivity contribution in [3.8, 4) is 0 Å². The van der Waals surface area contributed by atoms with Crippen LogP contribution in [0.2, 0.25) is 5.02 Å². The van der Waals surface area contributed by atoms with Gasteiger partial charge < -0.3 is 4.90 Å². The maximum absolute atomic E-state index is 13.1. The van der Waals surface area contributed by atoms with Crippen LogP contribution in [0.3, 0.4) is 0 Å². The third kappa shape index (κ3) is 4.19. The number of hydrogen-bond acceptors (Lipinski definition) is 3. The van der Waals surface area contributed by atoms with Crippen LogP contribution < -0.4 is 0 Å². The molecule has 3 rings (SSSR count). The van der Waals surface area contributed by atoms with Crippen LogP contribution in [0.5, 0.6) is 0 Å². The molecular formula is C16H14Br2ClFN2OS. The van der Waals surface area contributed by atoms with E-state index < -0.39 is 0 Å². The van der Waals surface area contributed by atoms with Gasteiger partial charge in [0.25, 0.3) is 5.91 Å². The fourth-order valence-corrected chi connectivity index (χ4v) is 4.84. The van der Waals surface area contributed by atoms with Gasteiger partial charge in [-0.1, -0.05) is 17.7 Å². The van der Waals surface area contributed by atoms with Crippen molar-refractivity contribution in [1.82, 2.24) is 9.80 Å². The summed E-state index contributed by atoms with van der Waals surface area (Å²) in [6.45, 7) is 3.55. The van der Waals surface area contributed by atoms with Gasteiger partial charge in [-0.15, -0.1) is 11.3 Å². The van der Waals surface area contributed by atoms with Gasteiger partial charge in [-0.25, -0.2) is 4.39 Å². The lowest BCUT2D eigenvalue weighted by atomic mass is 10.2. The fraction of sp³-hybridized carbons (Fsp3) is 0.312. The standard InChI is InChI=1S/C16H14Br2ClFN2OS/c17-12-8-14(24-15(12)18)16(23)22-5-3-21(4-6-22)9-10-1-2-11(20)7-13(10)19/h1-2,7-8H,3-6,9H2. The first-order valence-corrected chi connectivity index (χ1v) is 10.1. The van der Waals surface area contributed by atoms with E-state index in [-0.39, 0.29) is 11.7 Å². The van der Waals surface area contributed by atoms with E-state index in [4.69, 9.17) is 11.6 Å². The summed E-state index contributed by atoms with van der Waals surface area (Å²) in [5.74, 6) is -0.265. The number of nitrogens with zero attached hydrogens (tertiary/aromatic N) is 2. The molecule has 128 valence electrons. The number of benzene rings is 1. The Hall–Kier alpha value is -0.470. The van der Waals surface area contributed by atoms with Gasteiger partial charge in [-0.05, 0) is 55.6 Å². The molecule has 0 radical (unpaired) electrons. The zero-order chi connectivity index (χ0) is 17.3. The summed E-state index contributed by atoms with van der Waals surface area (Å²) >= 11 is 14.4. The molecule has 1 aliphatic rings. The molecule has 1 aromatic carbocycles. The summed E-state index contributed by atoms with van der Waals surface area (Å²) in [4.78, 5) is 17.4. The summed E-state index contributed by atoms with van der Waals surface area (Å²) in [5.41, 5.74) is 0.906. The summed E-state index contributed by atoms with van der Waals surface area (Å²) in [5, 5.41) is 0.446. The molecule has 0 N–H and O–H groups in total. The second-order valence-electron chi connectivity index (χ2n) is 5.54. The Morgan fingerprint density at radius 2 is 1.92 bits per heavy atom. The van der Waals surface area contributed by atoms with E-state index in [9.17, 15) is 9.18 Å². The van der Waals surface area contributed by atoms with Crippen molar-refractivity contribution >= 4 is 60.7 Å². The van der Waals surface area contributed by atoms with Gasteiger partial charge in [0.1, 0.15) is 5.82 Å². The lowest BCUT2D eigenvalue weighted by Crippen LogP contribution is -2.48. The predicted octanol–water partition coefficient (Wildman–Crippen LogP) is 5.02. The number of amides is 1. The monoisotopic (exact) mass is 494 g/mol. The van der Waals surface area contributed by atoms with Gasteiger partial charge in [0, 0.05) is 42.2 Å². The molecule has 1 aliphatic heterocycles. The Morgan fingerprint density at radius 1 is 1.21 bits per heavy atom. The van der Waals surface area contributed by atoms with Crippen molar-refractivity contribution in [3.05, 3.63) is 53.8 Å². The largest absolute Gasteiger partial charge is 0.335 e. The van der Waals surface area contributed by atoms with Gasteiger partial charge in [0.15, 0.2) is 0 Å². The minimum absolute atomic E-state index is 0.0610. The molecule has 0 bridgehead atoms. The number of carbonyl (C=O) groups excluding carboxylic acids is 1. The smallest absolute Gasteiger partial charge is 0.264 e. The van der Waals surface area contributed by atoms with Crippen molar-refractivity contribution in [2.45, 2.75) is 6.54 Å². The first-order valence-electron chi connectivity index (χ1n) is 7.34. The highest BCUT2D eigenvalue weighted by Crippen LogP contribution is 2.33. The quantitative estimate of drug-likeness (QED) is 0.596. The second-order valence-corrected chi connectivity index (χ2v) is 9.17. The van der Waals surface area contributed by atoms with Gasteiger partial charge >= 0.3 is 0 Å². The van der Waals surface area contributed by atoms with Gasteiger partial charge in [-0.3, -0.25) is 9.69 Å². The molecule has 0 aliphatic carbocycles. The second kappa shape index (κ2) is 7.83. The van der Waals surface area contributed by atoms with Crippen molar-refractivity contribution in [2.75, 3.05) is 26.2 Å². The van der Waals surface area contributed by atoms with Crippen LogP contribution in [-0.4, -0.2) is 41.9 Å². The molecule has 24 heavy (non-hydrogen) atoms. The lowest BCUT2D eigenvalue weighted by molar-refractivity contribution is 0.0633. The van der Waals surface area contributed by atoms with Gasteiger partial charge in [-0.2, -0.15) is 0 Å². The molecule has 0 atom stereocenters. The molecule has 1 aromatic heterocycles. The van der Waals surface area contributed by atoms with Crippen LogP contribution in [0, 0.1) is 5.82 Å². The van der Waals surface area contributed by atoms with Crippen molar-refractivity contribution in [2.24, 2.45) is 0 Å². The molecule has 2 aromatic rings. The molecule has 0 spiro atoms. The normalized spacial score (nSPS) is 15.8. The molecule has 2 heterocycles. The van der Waals surface area contributed by atoms with E-state index in [0.717, 1.165) is 31.8 Å². The summed E-state index contributed by atoms with van der Waals surface area (Å²) in [6, 6.07) is 6.33. The van der Waals surface area contributed by atoms with Crippen LogP contribution in [0.15, 0.2) is 32.5 Å². The Morgan fingerprint density at radius 3 is 2.50 bits per heavy atom. The van der Waals surface area contributed by atoms with E-state index in [2.05, 4.69) is 36.8 Å². The fourth-order valence-electron chi connectivity index (χ4n) is 2.61. The van der Waals surface area contributed by atoms with Crippen molar-refractivity contribution in [3.63, 3.8) is 0 Å². The van der Waals surface area contributed by atoms with Crippen molar-refractivity contribution in [1.29, 1.82) is 0 Å². The maximum atomic E-state index is 13.1. The third-order valence-electron chi connectivity index (χ3n) is 3.92. The Balaban J connectivity index is 1.58. The van der Waals surface area contributed by atoms with Crippen molar-refractivity contribution < 1.29 is 9.18 Å². The minimum atomic E-state index is -0.326. The van der Waals surface area contributed by atoms with Gasteiger partial charge in [0.2, 0.25) is 0 Å². The average Bonchev–Trinajstić information content (AvgIpc) is 2.89. The topological polar surface area (TPSA) is 23.6 Å². The Kier molecular flexibility index (Phi) is 5.98. The third-order valence-corrected chi connectivity index (χ3v) is 7.52. The average molecular weight is 497 g/mol. The van der Waals surface area contributed by atoms with Crippen LogP contribution in [0.4, 0.5) is 4.39 Å². The molecule has 0 saturated carbocycles. The number of rotatable bonds is 3. The summed E-state index contributed by atoms with van der Waals surface area (Å²) < 4.78 is 14.9. The van der Waals surface area contributed by atoms with E-state index >= 15 is 0 Å². The highest BCUT2D eigenvalue weighted by atomic mass is 79.9. The maximum Gasteiger partial charge on any atom is 0.264 e. The van der Waals surface area contributed by atoms with Gasteiger partial charge in [0.05, 0.1) is 8.66 Å². The number of hydrogen-bond donors (Lipinski definition) is 0. The molecule has 1 saturated heterocycles. The Labute approximate surface area is 165 Å². The first-order chi connectivity index (χ1) is 11.4. The lowest BCUT2D eigenvalue weighted by Gasteiger charge is -2.34. The molecule has 8 heteroatoms. The zero-order valence-electron chi connectivity index (χ0n) is 12.6. The minimum Gasteiger partial charge on any atom is -0.335 e. The van der Waals surface area contributed by atoms with E-state index in [1.54, 1.807) is 6.07 Å². The molecule has 1 fully saturated rings. The van der Waals surface area contributed by atoms with E-state index in [1.807, 2.05) is 11.0 Å². The number of piperazine rings is 1. The first kappa shape index (κ1) is 18.3. The van der Waals surface area contributed by atoms with Crippen LogP contribution >= 0.6 is 54.8 Å². The number of thiophene rings is 1. The molecular weight excluding hydrogens is 483 g/mol. The summed E-state index contributed by atoms with van der Waals surface area (Å²) in [7, 11) is 0. The number of halogens is 4. The SMILES string of the molecule is O=C(c1cc(Br)c(Br)s1)N1CCN(Cc2ccc(F)cc2Cl)CC1. The molecule has 1 amide bonds. The van der Waals surface area contributed by atoms with E-state index in [0.29, 0.717) is 24.7 Å². The highest BCUT2D eigenvalue weighted by molar-refractivity contribution is 9.13. The molecule has 3 nitrogen and oxygen atoms in total.